The van der Waals surface area contributed by atoms with Crippen LogP contribution in [0.1, 0.15) is 10.4 Å². The number of hydrogen-bond donors (Lipinski definition) is 2. The van der Waals surface area contributed by atoms with Gasteiger partial charge in [-0.25, -0.2) is 23.3 Å². The number of nitrogens with one attached hydrogen (secondary N) is 1. The van der Waals surface area contributed by atoms with E-state index in [0.29, 0.717) is 10.7 Å². The third kappa shape index (κ3) is 3.71. The predicted octanol–water partition coefficient (Wildman–Crippen LogP) is 3.48. The monoisotopic (exact) mass is 375 g/mol. The number of hydrogen-bond acceptors (Lipinski definition) is 5. The van der Waals surface area contributed by atoms with Gasteiger partial charge in [0.25, 0.3) is 0 Å². The van der Waals surface area contributed by atoms with Gasteiger partial charge in [-0.05, 0) is 23.9 Å². The molecule has 2 heterocycles. The van der Waals surface area contributed by atoms with Gasteiger partial charge in [0.15, 0.2) is 0 Å². The van der Waals surface area contributed by atoms with Crippen LogP contribution < -0.4 is 5.32 Å². The fourth-order valence-electron chi connectivity index (χ4n) is 2.62. The second-order valence-electron chi connectivity index (χ2n) is 5.79. The Labute approximate surface area is 152 Å². The molecule has 0 saturated heterocycles. The number of thiophene rings is 1. The molecule has 0 fully saturated rings. The van der Waals surface area contributed by atoms with E-state index in [2.05, 4.69) is 20.2 Å². The van der Waals surface area contributed by atoms with Gasteiger partial charge in [0.2, 0.25) is 5.69 Å². The summed E-state index contributed by atoms with van der Waals surface area (Å²) in [5.41, 5.74) is -1.38. The third-order valence-electron chi connectivity index (χ3n) is 3.82. The number of benzene rings is 1. The van der Waals surface area contributed by atoms with Gasteiger partial charge in [0.1, 0.15) is 29.9 Å². The second-order valence-corrected chi connectivity index (χ2v) is 7.04. The minimum absolute atomic E-state index is 0.0699. The Morgan fingerprint density at radius 2 is 2.19 bits per heavy atom. The van der Waals surface area contributed by atoms with Crippen molar-refractivity contribution in [3.05, 3.63) is 70.4 Å². The average molecular weight is 375 g/mol. The van der Waals surface area contributed by atoms with E-state index in [1.165, 1.54) is 34.7 Å². The van der Waals surface area contributed by atoms with E-state index in [0.717, 1.165) is 17.0 Å². The Hall–Kier alpha value is -2.83. The Kier molecular flexibility index (Phi) is 4.97. The first-order valence-corrected chi connectivity index (χ1v) is 8.45. The molecule has 0 aliphatic rings. The zero-order valence-electron chi connectivity index (χ0n) is 13.8. The van der Waals surface area contributed by atoms with Gasteiger partial charge in [-0.2, -0.15) is 5.10 Å². The van der Waals surface area contributed by atoms with Crippen LogP contribution in [0.15, 0.2) is 36.9 Å². The molecule has 9 heteroatoms. The minimum Gasteiger partial charge on any atom is -0.382 e. The van der Waals surface area contributed by atoms with Gasteiger partial charge in [-0.15, -0.1) is 11.3 Å². The highest BCUT2D eigenvalue weighted by molar-refractivity contribution is 7.16. The molecule has 1 aromatic carbocycles. The highest BCUT2D eigenvalue weighted by Gasteiger charge is 2.34. The van der Waals surface area contributed by atoms with Crippen molar-refractivity contribution in [3.8, 4) is 0 Å². The lowest BCUT2D eigenvalue weighted by molar-refractivity contribution is 0.0248. The molecule has 134 valence electrons. The van der Waals surface area contributed by atoms with Gasteiger partial charge in [0, 0.05) is 18.2 Å². The molecule has 2 N–H and O–H groups in total. The summed E-state index contributed by atoms with van der Waals surface area (Å²) in [4.78, 5) is 8.19. The Bertz CT molecular complexity index is 951. The molecule has 0 unspecified atom stereocenters. The van der Waals surface area contributed by atoms with Crippen molar-refractivity contribution in [1.29, 1.82) is 0 Å². The van der Waals surface area contributed by atoms with Crippen LogP contribution in [-0.2, 0) is 12.1 Å². The quantitative estimate of drug-likeness (QED) is 0.648. The van der Waals surface area contributed by atoms with Crippen LogP contribution in [0.25, 0.3) is 4.85 Å². The summed E-state index contributed by atoms with van der Waals surface area (Å²) < 4.78 is 29.0. The van der Waals surface area contributed by atoms with E-state index in [4.69, 9.17) is 6.57 Å². The Balaban J connectivity index is 1.93. The molecule has 0 bridgehead atoms. The van der Waals surface area contributed by atoms with Crippen molar-refractivity contribution >= 4 is 22.0 Å². The average Bonchev–Trinajstić information content (AvgIpc) is 3.21. The van der Waals surface area contributed by atoms with Crippen molar-refractivity contribution in [2.24, 2.45) is 0 Å². The summed E-state index contributed by atoms with van der Waals surface area (Å²) in [7, 11) is 0. The Morgan fingerprint density at radius 1 is 1.38 bits per heavy atom. The fraction of sp³-hybridized carbons (Fsp3) is 0.235. The molecule has 0 radical (unpaired) electrons. The first kappa shape index (κ1) is 18.0. The maximum Gasteiger partial charge on any atom is 0.220 e. The molecule has 26 heavy (non-hydrogen) atoms. The first-order valence-electron chi connectivity index (χ1n) is 7.63. The molecule has 0 aliphatic carbocycles. The van der Waals surface area contributed by atoms with Crippen LogP contribution in [-0.4, -0.2) is 26.4 Å². The zero-order chi connectivity index (χ0) is 18.7. The maximum atomic E-state index is 14.3. The molecule has 0 saturated carbocycles. The molecular formula is C17H15F2N5OS. The van der Waals surface area contributed by atoms with Gasteiger partial charge in [0.05, 0.1) is 18.1 Å². The second kappa shape index (κ2) is 7.19. The normalized spacial score (nSPS) is 13.2. The van der Waals surface area contributed by atoms with E-state index in [-0.39, 0.29) is 18.7 Å². The van der Waals surface area contributed by atoms with Crippen molar-refractivity contribution in [1.82, 2.24) is 14.8 Å². The van der Waals surface area contributed by atoms with Crippen LogP contribution in [0.5, 0.6) is 0 Å². The van der Waals surface area contributed by atoms with E-state index < -0.39 is 17.2 Å². The number of aliphatic hydroxyl groups is 1. The number of aryl methyl sites for hydroxylation is 1. The number of halogens is 2. The molecule has 3 rings (SSSR count). The summed E-state index contributed by atoms with van der Waals surface area (Å²) in [6.07, 6.45) is 2.70. The smallest absolute Gasteiger partial charge is 0.220 e. The van der Waals surface area contributed by atoms with E-state index >= 15 is 0 Å². The summed E-state index contributed by atoms with van der Waals surface area (Å²) >= 11 is 1.36. The van der Waals surface area contributed by atoms with E-state index in [1.54, 1.807) is 6.07 Å². The van der Waals surface area contributed by atoms with Gasteiger partial charge in [-0.3, -0.25) is 0 Å². The largest absolute Gasteiger partial charge is 0.382 e. The van der Waals surface area contributed by atoms with Gasteiger partial charge in [-0.1, -0.05) is 6.07 Å². The fourth-order valence-corrected chi connectivity index (χ4v) is 3.47. The van der Waals surface area contributed by atoms with Gasteiger partial charge >= 0.3 is 0 Å². The standard InChI is InChI=1S/C17H15F2N5OS/c1-11-5-15(20-2)16(26-11)22-7-17(25,8-24-10-21-9-23-24)13-4-3-12(18)6-14(13)19/h3-6,9-10,22,25H,7-8H2,1H3/t17-/m1/s1. The molecule has 2 aromatic heterocycles. The molecule has 3 aromatic rings. The molecule has 6 nitrogen and oxygen atoms in total. The number of nitrogens with zero attached hydrogens (tertiary/aromatic N) is 4. The summed E-state index contributed by atoms with van der Waals surface area (Å²) in [5, 5.41) is 18.7. The van der Waals surface area contributed by atoms with Crippen molar-refractivity contribution < 1.29 is 13.9 Å². The summed E-state index contributed by atoms with van der Waals surface area (Å²) in [5.74, 6) is -1.59. The molecule has 0 amide bonds. The molecule has 0 aliphatic heterocycles. The minimum atomic E-state index is -1.73. The van der Waals surface area contributed by atoms with E-state index in [1.807, 2.05) is 6.92 Å². The van der Waals surface area contributed by atoms with E-state index in [9.17, 15) is 13.9 Å². The number of anilines is 1. The van der Waals surface area contributed by atoms with Crippen LogP contribution in [0.4, 0.5) is 19.5 Å². The lowest BCUT2D eigenvalue weighted by Gasteiger charge is -2.29. The van der Waals surface area contributed by atoms with Crippen LogP contribution >= 0.6 is 11.3 Å². The summed E-state index contributed by atoms with van der Waals surface area (Å²) in [6.45, 7) is 8.89. The first-order chi connectivity index (χ1) is 12.4. The number of rotatable bonds is 6. The van der Waals surface area contributed by atoms with Crippen LogP contribution in [0.2, 0.25) is 0 Å². The molecular weight excluding hydrogens is 360 g/mol. The highest BCUT2D eigenvalue weighted by atomic mass is 32.1. The van der Waals surface area contributed by atoms with Gasteiger partial charge < -0.3 is 10.4 Å². The molecule has 1 atom stereocenters. The molecule has 0 spiro atoms. The highest BCUT2D eigenvalue weighted by Crippen LogP contribution is 2.36. The van der Waals surface area contributed by atoms with Crippen molar-refractivity contribution in [3.63, 3.8) is 0 Å². The lowest BCUT2D eigenvalue weighted by atomic mass is 9.93. The lowest BCUT2D eigenvalue weighted by Crippen LogP contribution is -2.39. The van der Waals surface area contributed by atoms with Crippen molar-refractivity contribution in [2.45, 2.75) is 19.1 Å². The maximum absolute atomic E-state index is 14.3. The topological polar surface area (TPSA) is 67.3 Å². The van der Waals surface area contributed by atoms with Crippen LogP contribution in [0.3, 0.4) is 0 Å². The summed E-state index contributed by atoms with van der Waals surface area (Å²) in [6, 6.07) is 4.75. The predicted molar refractivity (Wildman–Crippen MR) is 94.1 cm³/mol. The SMILES string of the molecule is [C-]#[N+]c1cc(C)sc1NC[C@@](O)(Cn1cncn1)c1ccc(F)cc1F. The Morgan fingerprint density at radius 3 is 2.85 bits per heavy atom. The van der Waals surface area contributed by atoms with Crippen molar-refractivity contribution in [2.75, 3.05) is 11.9 Å². The zero-order valence-corrected chi connectivity index (χ0v) is 14.6. The van der Waals surface area contributed by atoms with Crippen LogP contribution in [0, 0.1) is 25.1 Å². The number of aromatic nitrogens is 3. The third-order valence-corrected chi connectivity index (χ3v) is 4.82.